The van der Waals surface area contributed by atoms with Gasteiger partial charge in [0.25, 0.3) is 0 Å². The highest BCUT2D eigenvalue weighted by Crippen LogP contribution is 2.14. The Labute approximate surface area is 124 Å². The Hall–Kier alpha value is -1.73. The first kappa shape index (κ1) is 15.7. The second-order valence-electron chi connectivity index (χ2n) is 4.93. The van der Waals surface area contributed by atoms with Gasteiger partial charge < -0.3 is 14.6 Å². The average molecular weight is 293 g/mol. The third-order valence-electron chi connectivity index (χ3n) is 3.42. The highest BCUT2D eigenvalue weighted by Gasteiger charge is 2.13. The number of aromatic nitrogens is 4. The van der Waals surface area contributed by atoms with E-state index in [0.717, 1.165) is 30.9 Å². The molecule has 0 radical (unpaired) electrons. The molecule has 2 rings (SSSR count). The molecule has 2 aromatic heterocycles. The summed E-state index contributed by atoms with van der Waals surface area (Å²) in [6, 6.07) is 0. The van der Waals surface area contributed by atoms with E-state index in [1.165, 1.54) is 5.56 Å². The maximum Gasteiger partial charge on any atom is 0.226 e. The molecule has 0 amide bonds. The lowest BCUT2D eigenvalue weighted by Crippen LogP contribution is -2.19. The van der Waals surface area contributed by atoms with Gasteiger partial charge in [-0.2, -0.15) is 10.1 Å². The second-order valence-corrected chi connectivity index (χ2v) is 4.93. The number of hydrogen-bond acceptors (Lipinski definition) is 6. The Kier molecular flexibility index (Phi) is 5.46. The molecular weight excluding hydrogens is 270 g/mol. The van der Waals surface area contributed by atoms with Crippen molar-refractivity contribution in [2.75, 3.05) is 20.3 Å². The van der Waals surface area contributed by atoms with Gasteiger partial charge in [-0.05, 0) is 13.8 Å². The summed E-state index contributed by atoms with van der Waals surface area (Å²) < 4.78 is 12.1. The summed E-state index contributed by atoms with van der Waals surface area (Å²) in [4.78, 5) is 4.32. The minimum absolute atomic E-state index is 0.536. The monoisotopic (exact) mass is 293 g/mol. The summed E-state index contributed by atoms with van der Waals surface area (Å²) in [7, 11) is 1.70. The molecular formula is C14H23N5O2. The van der Waals surface area contributed by atoms with Crippen LogP contribution < -0.4 is 5.32 Å². The number of hydrogen-bond donors (Lipinski definition) is 1. The van der Waals surface area contributed by atoms with Crippen LogP contribution in [0.1, 0.15) is 35.6 Å². The fourth-order valence-corrected chi connectivity index (χ4v) is 2.16. The van der Waals surface area contributed by atoms with Crippen LogP contribution in [-0.2, 0) is 24.2 Å². The standard InChI is InChI=1S/C14H23N5O2/c1-5-14-16-13(18-21-14)9-19-11(3)12(10(2)17-19)8-15-6-7-20-4/h15H,5-9H2,1-4H3. The minimum Gasteiger partial charge on any atom is -0.383 e. The van der Waals surface area contributed by atoms with Crippen LogP contribution in [0.2, 0.25) is 0 Å². The number of aryl methyl sites for hydroxylation is 2. The van der Waals surface area contributed by atoms with Gasteiger partial charge in [-0.3, -0.25) is 4.68 Å². The second kappa shape index (κ2) is 7.33. The fraction of sp³-hybridized carbons (Fsp3) is 0.643. The molecule has 0 aromatic carbocycles. The predicted molar refractivity (Wildman–Crippen MR) is 78.1 cm³/mol. The largest absolute Gasteiger partial charge is 0.383 e. The van der Waals surface area contributed by atoms with Crippen LogP contribution in [0, 0.1) is 13.8 Å². The van der Waals surface area contributed by atoms with E-state index in [4.69, 9.17) is 9.26 Å². The molecule has 7 heteroatoms. The first-order chi connectivity index (χ1) is 10.2. The van der Waals surface area contributed by atoms with Crippen molar-refractivity contribution in [2.24, 2.45) is 0 Å². The molecule has 0 unspecified atom stereocenters. The van der Waals surface area contributed by atoms with Gasteiger partial charge in [0, 0.05) is 37.9 Å². The fourth-order valence-electron chi connectivity index (χ4n) is 2.16. The Bertz CT molecular complexity index is 576. The van der Waals surface area contributed by atoms with Crippen LogP contribution in [0.15, 0.2) is 4.52 Å². The van der Waals surface area contributed by atoms with Crippen LogP contribution in [0.3, 0.4) is 0 Å². The third-order valence-corrected chi connectivity index (χ3v) is 3.42. The van der Waals surface area contributed by atoms with Crippen molar-refractivity contribution >= 4 is 0 Å². The van der Waals surface area contributed by atoms with E-state index in [2.05, 4.69) is 27.5 Å². The van der Waals surface area contributed by atoms with Crippen LogP contribution in [-0.4, -0.2) is 40.2 Å². The molecule has 0 bridgehead atoms. The van der Waals surface area contributed by atoms with Gasteiger partial charge in [0.15, 0.2) is 5.82 Å². The van der Waals surface area contributed by atoms with Crippen molar-refractivity contribution < 1.29 is 9.26 Å². The van der Waals surface area contributed by atoms with E-state index < -0.39 is 0 Å². The first-order valence-corrected chi connectivity index (χ1v) is 7.19. The molecule has 0 fully saturated rings. The van der Waals surface area contributed by atoms with Gasteiger partial charge in [0.05, 0.1) is 12.3 Å². The van der Waals surface area contributed by atoms with Gasteiger partial charge in [-0.1, -0.05) is 12.1 Å². The zero-order chi connectivity index (χ0) is 15.2. The van der Waals surface area contributed by atoms with Crippen LogP contribution in [0.4, 0.5) is 0 Å². The molecule has 21 heavy (non-hydrogen) atoms. The van der Waals surface area contributed by atoms with Gasteiger partial charge in [-0.25, -0.2) is 0 Å². The Morgan fingerprint density at radius 3 is 2.81 bits per heavy atom. The Morgan fingerprint density at radius 2 is 2.14 bits per heavy atom. The zero-order valence-electron chi connectivity index (χ0n) is 13.1. The topological polar surface area (TPSA) is 78.0 Å². The van der Waals surface area contributed by atoms with Crippen molar-refractivity contribution in [3.05, 3.63) is 28.7 Å². The van der Waals surface area contributed by atoms with E-state index >= 15 is 0 Å². The summed E-state index contributed by atoms with van der Waals surface area (Å²) in [5, 5.41) is 11.9. The first-order valence-electron chi connectivity index (χ1n) is 7.19. The maximum atomic E-state index is 5.13. The minimum atomic E-state index is 0.536. The normalized spacial score (nSPS) is 11.2. The zero-order valence-corrected chi connectivity index (χ0v) is 13.1. The molecule has 0 aliphatic heterocycles. The summed E-state index contributed by atoms with van der Waals surface area (Å²) in [5.41, 5.74) is 3.36. The number of ether oxygens (including phenoxy) is 1. The number of methoxy groups -OCH3 is 1. The van der Waals surface area contributed by atoms with E-state index in [0.29, 0.717) is 24.9 Å². The smallest absolute Gasteiger partial charge is 0.226 e. The number of rotatable bonds is 8. The Balaban J connectivity index is 2.03. The molecule has 116 valence electrons. The molecule has 1 N–H and O–H groups in total. The third kappa shape index (κ3) is 3.89. The van der Waals surface area contributed by atoms with E-state index in [-0.39, 0.29) is 0 Å². The SMILES string of the molecule is CCc1nc(Cn2nc(C)c(CNCCOC)c2C)no1. The maximum absolute atomic E-state index is 5.13. The quantitative estimate of drug-likeness (QED) is 0.738. The lowest BCUT2D eigenvalue weighted by Gasteiger charge is -2.05. The number of nitrogens with zero attached hydrogens (tertiary/aromatic N) is 4. The molecule has 0 aliphatic rings. The van der Waals surface area contributed by atoms with Crippen molar-refractivity contribution in [3.8, 4) is 0 Å². The van der Waals surface area contributed by atoms with Crippen molar-refractivity contribution in [2.45, 2.75) is 40.3 Å². The van der Waals surface area contributed by atoms with Crippen molar-refractivity contribution in [3.63, 3.8) is 0 Å². The van der Waals surface area contributed by atoms with Crippen LogP contribution in [0.5, 0.6) is 0 Å². The molecule has 0 atom stereocenters. The molecule has 7 nitrogen and oxygen atoms in total. The Morgan fingerprint density at radius 1 is 1.33 bits per heavy atom. The molecule has 0 aliphatic carbocycles. The van der Waals surface area contributed by atoms with Gasteiger partial charge in [0.1, 0.15) is 6.54 Å². The molecule has 0 saturated heterocycles. The van der Waals surface area contributed by atoms with Crippen LogP contribution >= 0.6 is 0 Å². The summed E-state index contributed by atoms with van der Waals surface area (Å²) >= 11 is 0. The summed E-state index contributed by atoms with van der Waals surface area (Å²) in [6.07, 6.45) is 0.749. The highest BCUT2D eigenvalue weighted by molar-refractivity contribution is 5.24. The highest BCUT2D eigenvalue weighted by atomic mass is 16.5. The molecule has 2 heterocycles. The van der Waals surface area contributed by atoms with Crippen molar-refractivity contribution in [1.29, 1.82) is 0 Å². The molecule has 0 saturated carbocycles. The number of nitrogens with one attached hydrogen (secondary N) is 1. The summed E-state index contributed by atoms with van der Waals surface area (Å²) in [5.74, 6) is 1.32. The average Bonchev–Trinajstić information content (AvgIpc) is 3.03. The molecule has 2 aromatic rings. The lowest BCUT2D eigenvalue weighted by molar-refractivity contribution is 0.199. The van der Waals surface area contributed by atoms with Gasteiger partial charge in [0.2, 0.25) is 5.89 Å². The summed E-state index contributed by atoms with van der Waals surface area (Å²) in [6.45, 7) is 8.92. The molecule has 0 spiro atoms. The predicted octanol–water partition coefficient (Wildman–Crippen LogP) is 1.23. The van der Waals surface area contributed by atoms with Gasteiger partial charge >= 0.3 is 0 Å². The van der Waals surface area contributed by atoms with Crippen molar-refractivity contribution in [1.82, 2.24) is 25.2 Å². The van der Waals surface area contributed by atoms with Crippen LogP contribution in [0.25, 0.3) is 0 Å². The van der Waals surface area contributed by atoms with Gasteiger partial charge in [-0.15, -0.1) is 0 Å². The lowest BCUT2D eigenvalue weighted by atomic mass is 10.2. The van der Waals surface area contributed by atoms with E-state index in [1.54, 1.807) is 7.11 Å². The van der Waals surface area contributed by atoms with E-state index in [9.17, 15) is 0 Å². The van der Waals surface area contributed by atoms with E-state index in [1.807, 2.05) is 18.5 Å².